The fraction of sp³-hybridized carbons (Fsp3) is 0.429. The van der Waals surface area contributed by atoms with Crippen LogP contribution >= 0.6 is 0 Å². The average molecular weight is 371 g/mol. The van der Waals surface area contributed by atoms with Gasteiger partial charge in [-0.2, -0.15) is 0 Å². The van der Waals surface area contributed by atoms with Gasteiger partial charge in [-0.1, -0.05) is 6.07 Å². The number of phenols is 1. The molecule has 2 N–H and O–H groups in total. The van der Waals surface area contributed by atoms with Crippen LogP contribution in [-0.4, -0.2) is 30.1 Å². The normalized spacial score (nSPS) is 19.7. The van der Waals surface area contributed by atoms with Crippen LogP contribution in [0.5, 0.6) is 11.5 Å². The molecule has 0 radical (unpaired) electrons. The number of allylic oxidation sites excluding steroid dienone is 3. The summed E-state index contributed by atoms with van der Waals surface area (Å²) in [5.41, 5.74) is 3.29. The van der Waals surface area contributed by atoms with Crippen molar-refractivity contribution in [2.75, 3.05) is 7.11 Å². The third-order valence-corrected chi connectivity index (χ3v) is 4.88. The maximum absolute atomic E-state index is 12.9. The highest BCUT2D eigenvalue weighted by atomic mass is 16.5. The quantitative estimate of drug-likeness (QED) is 0.790. The first kappa shape index (κ1) is 19.0. The molecule has 1 aromatic carbocycles. The molecule has 1 aliphatic carbocycles. The van der Waals surface area contributed by atoms with E-state index in [1.807, 2.05) is 6.92 Å². The van der Waals surface area contributed by atoms with Gasteiger partial charge >= 0.3 is 5.97 Å². The summed E-state index contributed by atoms with van der Waals surface area (Å²) in [4.78, 5) is 25.6. The Labute approximate surface area is 158 Å². The maximum atomic E-state index is 12.9. The predicted octanol–water partition coefficient (Wildman–Crippen LogP) is 3.32. The number of rotatable bonds is 4. The number of Topliss-reactive ketones (excluding diaryl/α,β-unsaturated/α-hetero) is 1. The van der Waals surface area contributed by atoms with Gasteiger partial charge in [0, 0.05) is 29.3 Å². The third-order valence-electron chi connectivity index (χ3n) is 4.88. The molecule has 0 saturated heterocycles. The molecule has 1 aromatic rings. The molecule has 6 heteroatoms. The molecule has 0 spiro atoms. The van der Waals surface area contributed by atoms with E-state index in [-0.39, 0.29) is 17.6 Å². The van der Waals surface area contributed by atoms with Crippen molar-refractivity contribution in [1.29, 1.82) is 0 Å². The summed E-state index contributed by atoms with van der Waals surface area (Å²) < 4.78 is 10.7. The van der Waals surface area contributed by atoms with E-state index in [0.717, 1.165) is 18.5 Å². The lowest BCUT2D eigenvalue weighted by atomic mass is 9.75. The smallest absolute Gasteiger partial charge is 0.337 e. The van der Waals surface area contributed by atoms with Crippen LogP contribution in [0.15, 0.2) is 40.7 Å². The van der Waals surface area contributed by atoms with Crippen LogP contribution in [0.4, 0.5) is 0 Å². The molecule has 144 valence electrons. The van der Waals surface area contributed by atoms with Gasteiger partial charge in [-0.3, -0.25) is 4.79 Å². The number of esters is 1. The molecular weight excluding hydrogens is 346 g/mol. The van der Waals surface area contributed by atoms with Crippen LogP contribution in [-0.2, 0) is 14.3 Å². The summed E-state index contributed by atoms with van der Waals surface area (Å²) in [5.74, 6) is -0.660. The Hall–Kier alpha value is -2.76. The van der Waals surface area contributed by atoms with Gasteiger partial charge < -0.3 is 19.9 Å². The van der Waals surface area contributed by atoms with Crippen molar-refractivity contribution >= 4 is 11.8 Å². The lowest BCUT2D eigenvalue weighted by Crippen LogP contribution is -2.34. The first-order chi connectivity index (χ1) is 12.8. The van der Waals surface area contributed by atoms with Crippen molar-refractivity contribution in [2.45, 2.75) is 52.1 Å². The summed E-state index contributed by atoms with van der Waals surface area (Å²) in [6.07, 6.45) is 1.73. The van der Waals surface area contributed by atoms with E-state index in [2.05, 4.69) is 5.32 Å². The minimum Gasteiger partial charge on any atom is -0.504 e. The Morgan fingerprint density at radius 1 is 1.30 bits per heavy atom. The zero-order chi connectivity index (χ0) is 19.7. The Morgan fingerprint density at radius 3 is 2.70 bits per heavy atom. The van der Waals surface area contributed by atoms with Gasteiger partial charge in [0.1, 0.15) is 0 Å². The summed E-state index contributed by atoms with van der Waals surface area (Å²) in [5, 5.41) is 13.2. The van der Waals surface area contributed by atoms with E-state index in [0.29, 0.717) is 34.6 Å². The highest BCUT2D eigenvalue weighted by Gasteiger charge is 2.39. The molecule has 27 heavy (non-hydrogen) atoms. The Bertz CT molecular complexity index is 850. The van der Waals surface area contributed by atoms with Gasteiger partial charge in [0.15, 0.2) is 17.3 Å². The van der Waals surface area contributed by atoms with Crippen molar-refractivity contribution in [3.63, 3.8) is 0 Å². The number of carbonyl (C=O) groups is 2. The summed E-state index contributed by atoms with van der Waals surface area (Å²) >= 11 is 0. The molecule has 0 amide bonds. The molecule has 0 aromatic heterocycles. The van der Waals surface area contributed by atoms with Gasteiger partial charge in [-0.15, -0.1) is 0 Å². The molecule has 1 atom stereocenters. The van der Waals surface area contributed by atoms with Crippen LogP contribution in [0.25, 0.3) is 0 Å². The number of aromatic hydroxyl groups is 1. The van der Waals surface area contributed by atoms with Crippen LogP contribution in [0.1, 0.15) is 51.5 Å². The predicted molar refractivity (Wildman–Crippen MR) is 100 cm³/mol. The highest BCUT2D eigenvalue weighted by Crippen LogP contribution is 2.44. The van der Waals surface area contributed by atoms with E-state index < -0.39 is 11.9 Å². The Morgan fingerprint density at radius 2 is 2.04 bits per heavy atom. The SMILES string of the molecule is COc1cc([C@H]2C(C(=O)OC(C)C)=C(C)NC3=C2C(=O)CCC3)ccc1O. The standard InChI is InChI=1S/C21H25NO5/c1-11(2)27-21(25)18-12(3)22-14-6-5-7-16(24)20(14)19(18)13-8-9-15(23)17(10-13)26-4/h8-11,19,22-23H,5-7H2,1-4H3/t19-/m0/s1. The van der Waals surface area contributed by atoms with Crippen LogP contribution in [0.3, 0.4) is 0 Å². The van der Waals surface area contributed by atoms with E-state index in [1.54, 1.807) is 26.0 Å². The molecular formula is C21H25NO5. The molecule has 0 unspecified atom stereocenters. The molecule has 1 heterocycles. The number of hydrogen-bond donors (Lipinski definition) is 2. The number of hydrogen-bond acceptors (Lipinski definition) is 6. The first-order valence-electron chi connectivity index (χ1n) is 9.15. The van der Waals surface area contributed by atoms with Crippen molar-refractivity contribution in [3.05, 3.63) is 46.3 Å². The largest absolute Gasteiger partial charge is 0.504 e. The number of ether oxygens (including phenoxy) is 2. The van der Waals surface area contributed by atoms with E-state index in [1.165, 1.54) is 13.2 Å². The molecule has 2 aliphatic rings. The topological polar surface area (TPSA) is 84.9 Å². The number of methoxy groups -OCH3 is 1. The maximum Gasteiger partial charge on any atom is 0.337 e. The third kappa shape index (κ3) is 3.56. The number of phenolic OH excluding ortho intramolecular Hbond substituents is 1. The summed E-state index contributed by atoms with van der Waals surface area (Å²) in [7, 11) is 1.47. The van der Waals surface area contributed by atoms with Gasteiger partial charge in [-0.25, -0.2) is 4.79 Å². The minimum atomic E-state index is -0.546. The Kier molecular flexibility index (Phi) is 5.26. The van der Waals surface area contributed by atoms with Crippen LogP contribution < -0.4 is 10.1 Å². The lowest BCUT2D eigenvalue weighted by Gasteiger charge is -2.34. The zero-order valence-electron chi connectivity index (χ0n) is 16.1. The highest BCUT2D eigenvalue weighted by molar-refractivity contribution is 6.03. The summed E-state index contributed by atoms with van der Waals surface area (Å²) in [6.45, 7) is 5.41. The van der Waals surface area contributed by atoms with Gasteiger partial charge in [0.25, 0.3) is 0 Å². The van der Waals surface area contributed by atoms with Crippen LogP contribution in [0, 0.1) is 0 Å². The average Bonchev–Trinajstić information content (AvgIpc) is 2.60. The second kappa shape index (κ2) is 7.47. The zero-order valence-corrected chi connectivity index (χ0v) is 16.1. The van der Waals surface area contributed by atoms with Gasteiger partial charge in [0.2, 0.25) is 0 Å². The molecule has 0 saturated carbocycles. The van der Waals surface area contributed by atoms with Crippen LogP contribution in [0.2, 0.25) is 0 Å². The number of benzene rings is 1. The number of dihydropyridines is 1. The van der Waals surface area contributed by atoms with Crippen molar-refractivity contribution in [3.8, 4) is 11.5 Å². The van der Waals surface area contributed by atoms with E-state index in [4.69, 9.17) is 9.47 Å². The number of nitrogens with one attached hydrogen (secondary N) is 1. The van der Waals surface area contributed by atoms with Crippen molar-refractivity contribution in [2.24, 2.45) is 0 Å². The van der Waals surface area contributed by atoms with Crippen molar-refractivity contribution in [1.82, 2.24) is 5.32 Å². The first-order valence-corrected chi connectivity index (χ1v) is 9.15. The Balaban J connectivity index is 2.17. The molecule has 1 aliphatic heterocycles. The molecule has 3 rings (SSSR count). The lowest BCUT2D eigenvalue weighted by molar-refractivity contribution is -0.143. The van der Waals surface area contributed by atoms with Gasteiger partial charge in [0.05, 0.1) is 18.8 Å². The minimum absolute atomic E-state index is 0.00590. The monoisotopic (exact) mass is 371 g/mol. The molecule has 0 bridgehead atoms. The second-order valence-electron chi connectivity index (χ2n) is 7.15. The van der Waals surface area contributed by atoms with E-state index in [9.17, 15) is 14.7 Å². The number of ketones is 1. The number of carbonyl (C=O) groups excluding carboxylic acids is 2. The fourth-order valence-electron chi connectivity index (χ4n) is 3.74. The fourth-order valence-corrected chi connectivity index (χ4v) is 3.74. The van der Waals surface area contributed by atoms with Gasteiger partial charge in [-0.05, 0) is 51.3 Å². The van der Waals surface area contributed by atoms with Crippen molar-refractivity contribution < 1.29 is 24.2 Å². The molecule has 0 fully saturated rings. The molecule has 6 nitrogen and oxygen atoms in total. The second-order valence-corrected chi connectivity index (χ2v) is 7.15. The summed E-state index contributed by atoms with van der Waals surface area (Å²) in [6, 6.07) is 4.91. The van der Waals surface area contributed by atoms with E-state index >= 15 is 0 Å².